The van der Waals surface area contributed by atoms with Crippen molar-refractivity contribution in [3.05, 3.63) is 12.2 Å². The van der Waals surface area contributed by atoms with Crippen LogP contribution in [0, 0.1) is 0 Å². The number of nitrogens with one attached hydrogen (secondary N) is 2. The number of ether oxygens (including phenoxy) is 3. The van der Waals surface area contributed by atoms with Crippen molar-refractivity contribution in [3.8, 4) is 0 Å². The van der Waals surface area contributed by atoms with E-state index in [-0.39, 0.29) is 24.8 Å². The average molecular weight is 524 g/mol. The number of imide groups is 1. The minimum absolute atomic E-state index is 0.0476. The number of hydrogen-bond acceptors (Lipinski definition) is 7. The molecule has 0 aromatic heterocycles. The number of hydrogen-bond donors (Lipinski definition) is 2. The summed E-state index contributed by atoms with van der Waals surface area (Å²) in [5.74, 6) is -0.976. The zero-order valence-electron chi connectivity index (χ0n) is 22.9. The third-order valence-electron chi connectivity index (χ3n) is 6.48. The second kappa shape index (κ2) is 15.2. The standard InChI is InChI=1S/C27H45N3O7/c1-26(2,14-18-35-19-15-28-22(31)12-16-30-24(33)10-11-25(30)34)37-20-27(3,4)36-17-13-23(32)29-21-8-6-5-7-9-21/h10-11,21H,5-9,12-20H2,1-4H3,(H,28,31)(H,29,32). The van der Waals surface area contributed by atoms with E-state index in [0.29, 0.717) is 51.9 Å². The van der Waals surface area contributed by atoms with Crippen molar-refractivity contribution < 1.29 is 33.4 Å². The molecular weight excluding hydrogens is 478 g/mol. The Kier molecular flexibility index (Phi) is 12.7. The van der Waals surface area contributed by atoms with Gasteiger partial charge in [0.1, 0.15) is 0 Å². The summed E-state index contributed by atoms with van der Waals surface area (Å²) in [4.78, 5) is 48.1. The van der Waals surface area contributed by atoms with E-state index in [4.69, 9.17) is 14.2 Å². The van der Waals surface area contributed by atoms with Crippen LogP contribution in [-0.4, -0.2) is 85.3 Å². The first kappa shape index (κ1) is 30.9. The summed E-state index contributed by atoms with van der Waals surface area (Å²) in [6.07, 6.45) is 9.25. The Morgan fingerprint density at radius 3 is 2.24 bits per heavy atom. The minimum Gasteiger partial charge on any atom is -0.380 e. The Morgan fingerprint density at radius 2 is 1.57 bits per heavy atom. The van der Waals surface area contributed by atoms with Crippen LogP contribution in [-0.2, 0) is 33.4 Å². The Hall–Kier alpha value is -2.30. The van der Waals surface area contributed by atoms with Crippen LogP contribution in [0.5, 0.6) is 0 Å². The van der Waals surface area contributed by atoms with Gasteiger partial charge in [-0.15, -0.1) is 0 Å². The van der Waals surface area contributed by atoms with Crippen molar-refractivity contribution in [2.45, 2.75) is 96.3 Å². The fourth-order valence-electron chi connectivity index (χ4n) is 4.09. The molecule has 1 fully saturated rings. The summed E-state index contributed by atoms with van der Waals surface area (Å²) in [7, 11) is 0. The average Bonchev–Trinajstić information content (AvgIpc) is 3.16. The highest BCUT2D eigenvalue weighted by molar-refractivity contribution is 6.13. The monoisotopic (exact) mass is 523 g/mol. The van der Waals surface area contributed by atoms with Gasteiger partial charge in [0.05, 0.1) is 31.0 Å². The highest BCUT2D eigenvalue weighted by Gasteiger charge is 2.26. The summed E-state index contributed by atoms with van der Waals surface area (Å²) in [6, 6.07) is 0.313. The number of carbonyl (C=O) groups is 4. The summed E-state index contributed by atoms with van der Waals surface area (Å²) in [5, 5.41) is 5.83. The normalized spacial score (nSPS) is 16.9. The molecule has 0 radical (unpaired) electrons. The lowest BCUT2D eigenvalue weighted by molar-refractivity contribution is -0.137. The van der Waals surface area contributed by atoms with Gasteiger partial charge in [0, 0.05) is 50.7 Å². The maximum atomic E-state index is 12.2. The molecule has 4 amide bonds. The van der Waals surface area contributed by atoms with Gasteiger partial charge in [-0.1, -0.05) is 19.3 Å². The molecule has 1 aliphatic carbocycles. The molecular formula is C27H45N3O7. The first-order valence-electron chi connectivity index (χ1n) is 13.4. The largest absolute Gasteiger partial charge is 0.380 e. The molecule has 1 aliphatic heterocycles. The second-order valence-corrected chi connectivity index (χ2v) is 10.9. The predicted molar refractivity (Wildman–Crippen MR) is 139 cm³/mol. The molecule has 10 heteroatoms. The predicted octanol–water partition coefficient (Wildman–Crippen LogP) is 2.25. The van der Waals surface area contributed by atoms with Crippen LogP contribution in [0.1, 0.15) is 79.1 Å². The highest BCUT2D eigenvalue weighted by Crippen LogP contribution is 2.20. The molecule has 2 N–H and O–H groups in total. The number of amides is 4. The molecule has 1 heterocycles. The first-order chi connectivity index (χ1) is 17.5. The lowest BCUT2D eigenvalue weighted by Crippen LogP contribution is -2.39. The van der Waals surface area contributed by atoms with Gasteiger partial charge >= 0.3 is 0 Å². The van der Waals surface area contributed by atoms with Gasteiger partial charge in [-0.3, -0.25) is 24.1 Å². The van der Waals surface area contributed by atoms with Crippen molar-refractivity contribution in [2.24, 2.45) is 0 Å². The number of rotatable bonds is 17. The van der Waals surface area contributed by atoms with E-state index in [1.807, 2.05) is 27.7 Å². The van der Waals surface area contributed by atoms with Gasteiger partial charge in [-0.05, 0) is 47.0 Å². The fraction of sp³-hybridized carbons (Fsp3) is 0.778. The highest BCUT2D eigenvalue weighted by atomic mass is 16.6. The molecule has 0 bridgehead atoms. The van der Waals surface area contributed by atoms with E-state index < -0.39 is 23.0 Å². The summed E-state index contributed by atoms with van der Waals surface area (Å²) < 4.78 is 17.6. The Labute approximate surface area is 220 Å². The molecule has 1 saturated carbocycles. The van der Waals surface area contributed by atoms with Gasteiger partial charge in [0.25, 0.3) is 11.8 Å². The minimum atomic E-state index is -0.520. The molecule has 2 aliphatic rings. The molecule has 0 aromatic rings. The topological polar surface area (TPSA) is 123 Å². The van der Waals surface area contributed by atoms with Gasteiger partial charge < -0.3 is 24.8 Å². The lowest BCUT2D eigenvalue weighted by Gasteiger charge is -2.32. The van der Waals surface area contributed by atoms with Crippen molar-refractivity contribution in [2.75, 3.05) is 39.5 Å². The van der Waals surface area contributed by atoms with Gasteiger partial charge in [-0.2, -0.15) is 0 Å². The van der Waals surface area contributed by atoms with Crippen molar-refractivity contribution in [1.29, 1.82) is 0 Å². The summed E-state index contributed by atoms with van der Waals surface area (Å²) in [6.45, 7) is 9.84. The third-order valence-corrected chi connectivity index (χ3v) is 6.48. The maximum Gasteiger partial charge on any atom is 0.253 e. The number of nitrogens with zero attached hydrogens (tertiary/aromatic N) is 1. The molecule has 37 heavy (non-hydrogen) atoms. The Bertz CT molecular complexity index is 786. The molecule has 0 spiro atoms. The smallest absolute Gasteiger partial charge is 0.253 e. The molecule has 10 nitrogen and oxygen atoms in total. The maximum absolute atomic E-state index is 12.2. The Morgan fingerprint density at radius 1 is 0.892 bits per heavy atom. The van der Waals surface area contributed by atoms with Crippen molar-refractivity contribution >= 4 is 23.6 Å². The third kappa shape index (κ3) is 12.7. The van der Waals surface area contributed by atoms with Crippen molar-refractivity contribution in [3.63, 3.8) is 0 Å². The van der Waals surface area contributed by atoms with Crippen LogP contribution in [0.25, 0.3) is 0 Å². The van der Waals surface area contributed by atoms with E-state index in [1.54, 1.807) is 0 Å². The zero-order chi connectivity index (χ0) is 27.3. The second-order valence-electron chi connectivity index (χ2n) is 10.9. The van der Waals surface area contributed by atoms with E-state index in [0.717, 1.165) is 17.7 Å². The van der Waals surface area contributed by atoms with Gasteiger partial charge in [0.15, 0.2) is 0 Å². The zero-order valence-corrected chi connectivity index (χ0v) is 22.9. The van der Waals surface area contributed by atoms with Crippen LogP contribution in [0.3, 0.4) is 0 Å². The first-order valence-corrected chi connectivity index (χ1v) is 13.4. The van der Waals surface area contributed by atoms with Crippen LogP contribution >= 0.6 is 0 Å². The van der Waals surface area contributed by atoms with Crippen molar-refractivity contribution in [1.82, 2.24) is 15.5 Å². The quantitative estimate of drug-likeness (QED) is 0.221. The molecule has 0 unspecified atom stereocenters. The summed E-state index contributed by atoms with van der Waals surface area (Å²) in [5.41, 5.74) is -0.945. The van der Waals surface area contributed by atoms with Crippen LogP contribution in [0.2, 0.25) is 0 Å². The van der Waals surface area contributed by atoms with Gasteiger partial charge in [-0.25, -0.2) is 0 Å². The van der Waals surface area contributed by atoms with Crippen LogP contribution in [0.4, 0.5) is 0 Å². The molecule has 0 saturated heterocycles. The van der Waals surface area contributed by atoms with E-state index >= 15 is 0 Å². The van der Waals surface area contributed by atoms with E-state index in [2.05, 4.69) is 10.6 Å². The number of carbonyl (C=O) groups excluding carboxylic acids is 4. The van der Waals surface area contributed by atoms with Crippen LogP contribution in [0.15, 0.2) is 12.2 Å². The summed E-state index contributed by atoms with van der Waals surface area (Å²) >= 11 is 0. The Balaban J connectivity index is 1.50. The molecule has 210 valence electrons. The molecule has 0 atom stereocenters. The molecule has 0 aromatic carbocycles. The van der Waals surface area contributed by atoms with E-state index in [1.165, 1.54) is 31.4 Å². The van der Waals surface area contributed by atoms with Gasteiger partial charge in [0.2, 0.25) is 11.8 Å². The molecule has 2 rings (SSSR count). The van der Waals surface area contributed by atoms with Crippen LogP contribution < -0.4 is 10.6 Å². The SMILES string of the molecule is CC(C)(CCOCCNC(=O)CCN1C(=O)C=CC1=O)OCC(C)(C)OCCC(=O)NC1CCCCC1. The fourth-order valence-corrected chi connectivity index (χ4v) is 4.09. The lowest BCUT2D eigenvalue weighted by atomic mass is 9.95. The van der Waals surface area contributed by atoms with E-state index in [9.17, 15) is 19.2 Å².